The summed E-state index contributed by atoms with van der Waals surface area (Å²) in [5.41, 5.74) is 3.23. The lowest BCUT2D eigenvalue weighted by Gasteiger charge is -2.19. The maximum Gasteiger partial charge on any atom is 0.155 e. The molecule has 4 heteroatoms. The van der Waals surface area contributed by atoms with Crippen LogP contribution in [0.5, 0.6) is 0 Å². The standard InChI is InChI=1S/C17H21N3O/c1-13(21-2)14-6-5-7-15(12-14)16-17(19-9-8-18-16)20-10-3-4-11-20/h5-9,12-13H,3-4,10-11H2,1-2H3/t13-/m0/s1. The zero-order valence-corrected chi connectivity index (χ0v) is 12.6. The van der Waals surface area contributed by atoms with Crippen LogP contribution in [0.15, 0.2) is 36.7 Å². The first-order valence-electron chi connectivity index (χ1n) is 7.48. The number of benzene rings is 1. The molecule has 0 N–H and O–H groups in total. The molecule has 1 fully saturated rings. The van der Waals surface area contributed by atoms with E-state index in [-0.39, 0.29) is 6.10 Å². The van der Waals surface area contributed by atoms with Crippen LogP contribution >= 0.6 is 0 Å². The second-order valence-electron chi connectivity index (χ2n) is 5.43. The minimum absolute atomic E-state index is 0.0804. The zero-order valence-electron chi connectivity index (χ0n) is 12.6. The fraction of sp³-hybridized carbons (Fsp3) is 0.412. The predicted octanol–water partition coefficient (Wildman–Crippen LogP) is 3.45. The van der Waals surface area contributed by atoms with Crippen molar-refractivity contribution in [2.45, 2.75) is 25.9 Å². The summed E-state index contributed by atoms with van der Waals surface area (Å²) in [6, 6.07) is 8.39. The van der Waals surface area contributed by atoms with Gasteiger partial charge in [0.15, 0.2) is 5.82 Å². The number of ether oxygens (including phenoxy) is 1. The van der Waals surface area contributed by atoms with E-state index < -0.39 is 0 Å². The monoisotopic (exact) mass is 283 g/mol. The Bertz CT molecular complexity index is 608. The molecule has 0 unspecified atom stereocenters. The van der Waals surface area contributed by atoms with Crippen LogP contribution in [-0.2, 0) is 4.74 Å². The van der Waals surface area contributed by atoms with Crippen LogP contribution in [0, 0.1) is 0 Å². The van der Waals surface area contributed by atoms with Crippen molar-refractivity contribution < 1.29 is 4.74 Å². The van der Waals surface area contributed by atoms with Crippen molar-refractivity contribution in [1.82, 2.24) is 9.97 Å². The van der Waals surface area contributed by atoms with Gasteiger partial charge in [0.25, 0.3) is 0 Å². The number of methoxy groups -OCH3 is 1. The van der Waals surface area contributed by atoms with Crippen molar-refractivity contribution in [3.63, 3.8) is 0 Å². The summed E-state index contributed by atoms with van der Waals surface area (Å²) in [6.07, 6.45) is 6.09. The largest absolute Gasteiger partial charge is 0.377 e. The minimum Gasteiger partial charge on any atom is -0.377 e. The van der Waals surface area contributed by atoms with Gasteiger partial charge in [0, 0.05) is 38.2 Å². The Hall–Kier alpha value is -1.94. The molecule has 1 aliphatic heterocycles. The minimum atomic E-state index is 0.0804. The van der Waals surface area contributed by atoms with E-state index in [1.54, 1.807) is 19.5 Å². The fourth-order valence-electron chi connectivity index (χ4n) is 2.77. The Kier molecular flexibility index (Phi) is 4.15. The van der Waals surface area contributed by atoms with E-state index in [2.05, 4.69) is 46.1 Å². The van der Waals surface area contributed by atoms with Gasteiger partial charge < -0.3 is 9.64 Å². The Labute approximate surface area is 125 Å². The van der Waals surface area contributed by atoms with E-state index in [9.17, 15) is 0 Å². The first-order chi connectivity index (χ1) is 10.3. The molecule has 0 bridgehead atoms. The molecule has 1 aromatic carbocycles. The lowest BCUT2D eigenvalue weighted by molar-refractivity contribution is 0.119. The number of nitrogens with zero attached hydrogens (tertiary/aromatic N) is 3. The third-order valence-electron chi connectivity index (χ3n) is 4.07. The van der Waals surface area contributed by atoms with Crippen LogP contribution in [0.4, 0.5) is 5.82 Å². The van der Waals surface area contributed by atoms with Crippen molar-refractivity contribution >= 4 is 5.82 Å². The first-order valence-corrected chi connectivity index (χ1v) is 7.48. The van der Waals surface area contributed by atoms with Crippen molar-refractivity contribution in [1.29, 1.82) is 0 Å². The lowest BCUT2D eigenvalue weighted by Crippen LogP contribution is -2.20. The summed E-state index contributed by atoms with van der Waals surface area (Å²) in [5, 5.41) is 0. The van der Waals surface area contributed by atoms with Gasteiger partial charge in [-0.3, -0.25) is 4.98 Å². The number of anilines is 1. The molecule has 0 aliphatic carbocycles. The van der Waals surface area contributed by atoms with Gasteiger partial charge in [-0.05, 0) is 31.4 Å². The van der Waals surface area contributed by atoms with Gasteiger partial charge in [-0.25, -0.2) is 4.98 Å². The van der Waals surface area contributed by atoms with Crippen molar-refractivity contribution in [3.05, 3.63) is 42.2 Å². The molecule has 1 aromatic heterocycles. The first kappa shape index (κ1) is 14.0. The normalized spacial score (nSPS) is 16.2. The molecule has 1 aliphatic rings. The Balaban J connectivity index is 2.00. The number of rotatable bonds is 4. The Morgan fingerprint density at radius 2 is 1.90 bits per heavy atom. The zero-order chi connectivity index (χ0) is 14.7. The second-order valence-corrected chi connectivity index (χ2v) is 5.43. The third kappa shape index (κ3) is 2.90. The van der Waals surface area contributed by atoms with Crippen LogP contribution in [-0.4, -0.2) is 30.2 Å². The van der Waals surface area contributed by atoms with Crippen LogP contribution in [0.25, 0.3) is 11.3 Å². The van der Waals surface area contributed by atoms with Crippen LogP contribution in [0.1, 0.15) is 31.4 Å². The summed E-state index contributed by atoms with van der Waals surface area (Å²) in [7, 11) is 1.73. The summed E-state index contributed by atoms with van der Waals surface area (Å²) >= 11 is 0. The van der Waals surface area contributed by atoms with Crippen LogP contribution in [0.3, 0.4) is 0 Å². The quantitative estimate of drug-likeness (QED) is 0.861. The van der Waals surface area contributed by atoms with E-state index in [1.807, 2.05) is 0 Å². The van der Waals surface area contributed by atoms with Gasteiger partial charge in [-0.1, -0.05) is 18.2 Å². The smallest absolute Gasteiger partial charge is 0.155 e. The predicted molar refractivity (Wildman–Crippen MR) is 84.3 cm³/mol. The van der Waals surface area contributed by atoms with Crippen molar-refractivity contribution in [2.24, 2.45) is 0 Å². The number of hydrogen-bond acceptors (Lipinski definition) is 4. The maximum absolute atomic E-state index is 5.41. The summed E-state index contributed by atoms with van der Waals surface area (Å²) in [5.74, 6) is 0.997. The molecule has 4 nitrogen and oxygen atoms in total. The lowest BCUT2D eigenvalue weighted by atomic mass is 10.0. The highest BCUT2D eigenvalue weighted by Crippen LogP contribution is 2.30. The van der Waals surface area contributed by atoms with Gasteiger partial charge in [0.1, 0.15) is 5.69 Å². The summed E-state index contributed by atoms with van der Waals surface area (Å²) < 4.78 is 5.41. The van der Waals surface area contributed by atoms with Crippen molar-refractivity contribution in [2.75, 3.05) is 25.1 Å². The molecule has 110 valence electrons. The van der Waals surface area contributed by atoms with E-state index in [0.29, 0.717) is 0 Å². The molecule has 0 radical (unpaired) electrons. The van der Waals surface area contributed by atoms with E-state index in [1.165, 1.54) is 12.8 Å². The molecule has 3 rings (SSSR count). The molecule has 0 saturated carbocycles. The van der Waals surface area contributed by atoms with Crippen molar-refractivity contribution in [3.8, 4) is 11.3 Å². The Morgan fingerprint density at radius 3 is 2.67 bits per heavy atom. The van der Waals surface area contributed by atoms with E-state index in [0.717, 1.165) is 35.7 Å². The third-order valence-corrected chi connectivity index (χ3v) is 4.07. The second kappa shape index (κ2) is 6.22. The summed E-state index contributed by atoms with van der Waals surface area (Å²) in [6.45, 7) is 4.19. The molecular formula is C17H21N3O. The van der Waals surface area contributed by atoms with Gasteiger partial charge in [-0.2, -0.15) is 0 Å². The topological polar surface area (TPSA) is 38.3 Å². The molecule has 1 atom stereocenters. The summed E-state index contributed by atoms with van der Waals surface area (Å²) in [4.78, 5) is 11.5. The van der Waals surface area contributed by atoms with Gasteiger partial charge in [0.2, 0.25) is 0 Å². The average Bonchev–Trinajstić information content (AvgIpc) is 3.08. The van der Waals surface area contributed by atoms with Gasteiger partial charge in [-0.15, -0.1) is 0 Å². The SMILES string of the molecule is CO[C@@H](C)c1cccc(-c2nccnc2N2CCCC2)c1. The van der Waals surface area contributed by atoms with Crippen LogP contribution in [0.2, 0.25) is 0 Å². The average molecular weight is 283 g/mol. The molecular weight excluding hydrogens is 262 g/mol. The highest BCUT2D eigenvalue weighted by Gasteiger charge is 2.19. The maximum atomic E-state index is 5.41. The van der Waals surface area contributed by atoms with E-state index >= 15 is 0 Å². The molecule has 2 heterocycles. The number of aromatic nitrogens is 2. The van der Waals surface area contributed by atoms with Gasteiger partial charge >= 0.3 is 0 Å². The van der Waals surface area contributed by atoms with E-state index in [4.69, 9.17) is 4.74 Å². The highest BCUT2D eigenvalue weighted by atomic mass is 16.5. The van der Waals surface area contributed by atoms with Gasteiger partial charge in [0.05, 0.1) is 6.10 Å². The highest BCUT2D eigenvalue weighted by molar-refractivity contribution is 5.72. The Morgan fingerprint density at radius 1 is 1.14 bits per heavy atom. The molecule has 0 spiro atoms. The molecule has 0 amide bonds. The molecule has 2 aromatic rings. The fourth-order valence-corrected chi connectivity index (χ4v) is 2.77. The van der Waals surface area contributed by atoms with Crippen LogP contribution < -0.4 is 4.90 Å². The number of hydrogen-bond donors (Lipinski definition) is 0. The molecule has 21 heavy (non-hydrogen) atoms. The molecule has 1 saturated heterocycles.